The third-order valence-electron chi connectivity index (χ3n) is 3.47. The van der Waals surface area contributed by atoms with Crippen molar-refractivity contribution in [3.63, 3.8) is 0 Å². The van der Waals surface area contributed by atoms with Crippen molar-refractivity contribution in [2.24, 2.45) is 0 Å². The highest BCUT2D eigenvalue weighted by atomic mass is 32.1. The van der Waals surface area contributed by atoms with Gasteiger partial charge >= 0.3 is 0 Å². The Morgan fingerprint density at radius 1 is 1.42 bits per heavy atom. The van der Waals surface area contributed by atoms with Gasteiger partial charge in [-0.05, 0) is 25.5 Å². The molecule has 0 bridgehead atoms. The third-order valence-corrected chi connectivity index (χ3v) is 4.23. The Balaban J connectivity index is 1.62. The van der Waals surface area contributed by atoms with Crippen molar-refractivity contribution >= 4 is 22.4 Å². The van der Waals surface area contributed by atoms with Gasteiger partial charge in [0.05, 0.1) is 12.0 Å². The fourth-order valence-corrected chi connectivity index (χ4v) is 2.95. The number of nitrogens with one attached hydrogen (secondary N) is 2. The lowest BCUT2D eigenvalue weighted by molar-refractivity contribution is -0.116. The molecule has 0 aliphatic rings. The molecule has 0 radical (unpaired) electrons. The molecule has 8 heteroatoms. The van der Waals surface area contributed by atoms with Gasteiger partial charge in [0.2, 0.25) is 5.91 Å². The molecule has 3 rings (SSSR count). The molecule has 0 aliphatic heterocycles. The average molecular weight is 341 g/mol. The smallest absolute Gasteiger partial charge is 0.254 e. The lowest BCUT2D eigenvalue weighted by Crippen LogP contribution is -2.19. The first-order valence-corrected chi connectivity index (χ1v) is 8.20. The number of thiazole rings is 1. The minimum absolute atomic E-state index is 0.190. The third kappa shape index (κ3) is 3.72. The molecule has 0 aliphatic carbocycles. The van der Waals surface area contributed by atoms with Crippen LogP contribution in [0, 0.1) is 6.92 Å². The van der Waals surface area contributed by atoms with Crippen molar-refractivity contribution < 1.29 is 4.79 Å². The first-order chi connectivity index (χ1) is 11.6. The van der Waals surface area contributed by atoms with Crippen LogP contribution in [0.25, 0.3) is 11.3 Å². The molecule has 3 aromatic rings. The molecule has 3 heterocycles. The Hall–Kier alpha value is -2.87. The topological polar surface area (TPSA) is 101 Å². The quantitative estimate of drug-likeness (QED) is 0.741. The molecule has 0 atom stereocenters. The number of carbonyl (C=O) groups is 1. The molecule has 0 saturated carbocycles. The first kappa shape index (κ1) is 16.0. The Bertz CT molecular complexity index is 904. The number of aryl methyl sites for hydroxylation is 1. The van der Waals surface area contributed by atoms with Crippen LogP contribution in [0.4, 0.5) is 5.13 Å². The fourth-order valence-electron chi connectivity index (χ4n) is 2.21. The van der Waals surface area contributed by atoms with Crippen LogP contribution in [0.3, 0.4) is 0 Å². The van der Waals surface area contributed by atoms with E-state index in [0.717, 1.165) is 11.3 Å². The highest BCUT2D eigenvalue weighted by molar-refractivity contribution is 7.14. The molecule has 0 saturated heterocycles. The minimum atomic E-state index is -0.205. The number of pyridine rings is 1. The molecular weight excluding hydrogens is 326 g/mol. The van der Waals surface area contributed by atoms with E-state index in [1.165, 1.54) is 17.7 Å². The molecule has 24 heavy (non-hydrogen) atoms. The summed E-state index contributed by atoms with van der Waals surface area (Å²) in [7, 11) is 0. The molecule has 3 aromatic heterocycles. The van der Waals surface area contributed by atoms with Crippen LogP contribution in [0.15, 0.2) is 41.0 Å². The van der Waals surface area contributed by atoms with Gasteiger partial charge in [-0.3, -0.25) is 14.6 Å². The van der Waals surface area contributed by atoms with E-state index >= 15 is 0 Å². The molecule has 7 nitrogen and oxygen atoms in total. The van der Waals surface area contributed by atoms with Crippen LogP contribution >= 0.6 is 11.3 Å². The fraction of sp³-hybridized carbons (Fsp3) is 0.188. The highest BCUT2D eigenvalue weighted by Crippen LogP contribution is 2.24. The molecule has 0 unspecified atom stereocenters. The molecule has 0 spiro atoms. The van der Waals surface area contributed by atoms with Gasteiger partial charge in [-0.2, -0.15) is 0 Å². The van der Waals surface area contributed by atoms with E-state index in [9.17, 15) is 9.59 Å². The van der Waals surface area contributed by atoms with Crippen LogP contribution < -0.4 is 10.9 Å². The monoisotopic (exact) mass is 341 g/mol. The SMILES string of the molecule is Cc1nc[nH]c(=O)c1CCC(=O)Nc1nc(-c2cccnc2)cs1. The molecule has 0 fully saturated rings. The zero-order valence-corrected chi connectivity index (χ0v) is 13.8. The van der Waals surface area contributed by atoms with E-state index < -0.39 is 0 Å². The Morgan fingerprint density at radius 3 is 3.04 bits per heavy atom. The Labute approximate surface area is 141 Å². The minimum Gasteiger partial charge on any atom is -0.313 e. The number of amides is 1. The van der Waals surface area contributed by atoms with E-state index in [1.54, 1.807) is 19.3 Å². The zero-order valence-electron chi connectivity index (χ0n) is 12.9. The number of nitrogens with zero attached hydrogens (tertiary/aromatic N) is 3. The lowest BCUT2D eigenvalue weighted by Gasteiger charge is -2.03. The Morgan fingerprint density at radius 2 is 2.29 bits per heavy atom. The van der Waals surface area contributed by atoms with Crippen LogP contribution in [-0.4, -0.2) is 25.8 Å². The molecule has 0 aromatic carbocycles. The maximum atomic E-state index is 12.1. The van der Waals surface area contributed by atoms with Crippen molar-refractivity contribution in [3.8, 4) is 11.3 Å². The van der Waals surface area contributed by atoms with E-state index in [1.807, 2.05) is 17.5 Å². The van der Waals surface area contributed by atoms with E-state index in [0.29, 0.717) is 22.8 Å². The van der Waals surface area contributed by atoms with Gasteiger partial charge in [0.1, 0.15) is 0 Å². The zero-order chi connectivity index (χ0) is 16.9. The summed E-state index contributed by atoms with van der Waals surface area (Å²) in [5, 5.41) is 5.14. The van der Waals surface area contributed by atoms with Gasteiger partial charge in [-0.15, -0.1) is 11.3 Å². The number of rotatable bonds is 5. The number of hydrogen-bond donors (Lipinski definition) is 2. The number of aromatic nitrogens is 4. The van der Waals surface area contributed by atoms with Crippen LogP contribution in [0.2, 0.25) is 0 Å². The Kier molecular flexibility index (Phi) is 4.76. The first-order valence-electron chi connectivity index (χ1n) is 7.32. The van der Waals surface area contributed by atoms with Crippen molar-refractivity contribution in [1.82, 2.24) is 19.9 Å². The van der Waals surface area contributed by atoms with Gasteiger partial charge in [-0.1, -0.05) is 0 Å². The summed E-state index contributed by atoms with van der Waals surface area (Å²) in [4.78, 5) is 38.8. The second-order valence-electron chi connectivity index (χ2n) is 5.12. The van der Waals surface area contributed by atoms with E-state index in [2.05, 4.69) is 25.3 Å². The van der Waals surface area contributed by atoms with Gasteiger partial charge in [0.25, 0.3) is 5.56 Å². The average Bonchev–Trinajstić information content (AvgIpc) is 3.03. The predicted octanol–water partition coefficient (Wildman–Crippen LogP) is 2.17. The molecular formula is C16H15N5O2S. The lowest BCUT2D eigenvalue weighted by atomic mass is 10.1. The standard InChI is InChI=1S/C16H15N5O2S/c1-10-12(15(23)19-9-18-10)4-5-14(22)21-16-20-13(8-24-16)11-3-2-6-17-7-11/h2-3,6-9H,4-5H2,1H3,(H,18,19,23)(H,20,21,22). The second-order valence-corrected chi connectivity index (χ2v) is 5.98. The highest BCUT2D eigenvalue weighted by Gasteiger charge is 2.11. The number of H-pyrrole nitrogens is 1. The van der Waals surface area contributed by atoms with Crippen LogP contribution in [0.1, 0.15) is 17.7 Å². The van der Waals surface area contributed by atoms with Gasteiger partial charge < -0.3 is 10.3 Å². The molecule has 122 valence electrons. The predicted molar refractivity (Wildman–Crippen MR) is 91.9 cm³/mol. The largest absolute Gasteiger partial charge is 0.313 e. The molecule has 1 amide bonds. The summed E-state index contributed by atoms with van der Waals surface area (Å²) in [6.45, 7) is 1.75. The van der Waals surface area contributed by atoms with Crippen molar-refractivity contribution in [3.05, 3.63) is 57.8 Å². The summed E-state index contributed by atoms with van der Waals surface area (Å²) >= 11 is 1.35. The summed E-state index contributed by atoms with van der Waals surface area (Å²) < 4.78 is 0. The number of carbonyl (C=O) groups excluding carboxylic acids is 1. The summed E-state index contributed by atoms with van der Waals surface area (Å²) in [5.41, 5.74) is 2.63. The van der Waals surface area contributed by atoms with Gasteiger partial charge in [0.15, 0.2) is 5.13 Å². The normalized spacial score (nSPS) is 10.5. The van der Waals surface area contributed by atoms with Crippen LogP contribution in [-0.2, 0) is 11.2 Å². The van der Waals surface area contributed by atoms with Gasteiger partial charge in [0, 0.05) is 41.0 Å². The number of anilines is 1. The van der Waals surface area contributed by atoms with Crippen LogP contribution in [0.5, 0.6) is 0 Å². The maximum Gasteiger partial charge on any atom is 0.254 e. The van der Waals surface area contributed by atoms with E-state index in [4.69, 9.17) is 0 Å². The number of hydrogen-bond acceptors (Lipinski definition) is 6. The van der Waals surface area contributed by atoms with Crippen molar-refractivity contribution in [1.29, 1.82) is 0 Å². The van der Waals surface area contributed by atoms with Crippen molar-refractivity contribution in [2.75, 3.05) is 5.32 Å². The number of aromatic amines is 1. The summed E-state index contributed by atoms with van der Waals surface area (Å²) in [6.07, 6.45) is 5.30. The maximum absolute atomic E-state index is 12.1. The summed E-state index contributed by atoms with van der Waals surface area (Å²) in [5.74, 6) is -0.190. The molecule has 2 N–H and O–H groups in total. The van der Waals surface area contributed by atoms with Gasteiger partial charge in [-0.25, -0.2) is 9.97 Å². The second kappa shape index (κ2) is 7.14. The van der Waals surface area contributed by atoms with E-state index in [-0.39, 0.29) is 17.9 Å². The summed E-state index contributed by atoms with van der Waals surface area (Å²) in [6, 6.07) is 3.74. The van der Waals surface area contributed by atoms with Crippen molar-refractivity contribution in [2.45, 2.75) is 19.8 Å².